The van der Waals surface area contributed by atoms with Crippen LogP contribution in [0, 0.1) is 0 Å². The van der Waals surface area contributed by atoms with Crippen LogP contribution in [0.25, 0.3) is 0 Å². The molecule has 2 rings (SSSR count). The van der Waals surface area contributed by atoms with Gasteiger partial charge < -0.3 is 5.32 Å². The third-order valence-corrected chi connectivity index (χ3v) is 4.70. The minimum absolute atomic E-state index is 0.741. The summed E-state index contributed by atoms with van der Waals surface area (Å²) in [6, 6.07) is 2.45. The predicted octanol–water partition coefficient (Wildman–Crippen LogP) is 3.17. The zero-order valence-electron chi connectivity index (χ0n) is 11.8. The van der Waals surface area contributed by atoms with Crippen molar-refractivity contribution in [1.29, 1.82) is 0 Å². The van der Waals surface area contributed by atoms with Crippen LogP contribution < -0.4 is 5.32 Å². The topological polar surface area (TPSA) is 15.3 Å². The van der Waals surface area contributed by atoms with Crippen molar-refractivity contribution in [3.05, 3.63) is 0 Å². The van der Waals surface area contributed by atoms with E-state index in [0.29, 0.717) is 0 Å². The number of hydrogen-bond donors (Lipinski definition) is 1. The smallest absolute Gasteiger partial charge is 0.0224 e. The summed E-state index contributed by atoms with van der Waals surface area (Å²) in [5.41, 5.74) is 0. The van der Waals surface area contributed by atoms with E-state index in [0.717, 1.165) is 18.1 Å². The molecule has 2 fully saturated rings. The Morgan fingerprint density at radius 1 is 1.12 bits per heavy atom. The minimum Gasteiger partial charge on any atom is -0.311 e. The van der Waals surface area contributed by atoms with Gasteiger partial charge in [0.25, 0.3) is 0 Å². The number of nitrogens with zero attached hydrogens (tertiary/aromatic N) is 1. The van der Waals surface area contributed by atoms with Gasteiger partial charge in [0.05, 0.1) is 0 Å². The van der Waals surface area contributed by atoms with E-state index in [4.69, 9.17) is 0 Å². The van der Waals surface area contributed by atoms with E-state index in [1.165, 1.54) is 64.5 Å². The van der Waals surface area contributed by atoms with E-state index in [-0.39, 0.29) is 0 Å². The Balaban J connectivity index is 1.96. The van der Waals surface area contributed by atoms with Crippen LogP contribution in [0.15, 0.2) is 0 Å². The lowest BCUT2D eigenvalue weighted by atomic mass is 9.90. The molecule has 2 atom stereocenters. The summed E-state index contributed by atoms with van der Waals surface area (Å²) in [7, 11) is 0. The second-order valence-corrected chi connectivity index (χ2v) is 5.94. The van der Waals surface area contributed by atoms with Crippen molar-refractivity contribution in [1.82, 2.24) is 10.2 Å². The van der Waals surface area contributed by atoms with Crippen LogP contribution in [-0.4, -0.2) is 36.1 Å². The van der Waals surface area contributed by atoms with E-state index in [1.54, 1.807) is 0 Å². The first-order valence-corrected chi connectivity index (χ1v) is 7.84. The Morgan fingerprint density at radius 2 is 1.88 bits per heavy atom. The van der Waals surface area contributed by atoms with Crippen molar-refractivity contribution in [2.75, 3.05) is 13.1 Å². The van der Waals surface area contributed by atoms with E-state index in [9.17, 15) is 0 Å². The van der Waals surface area contributed by atoms with Crippen molar-refractivity contribution in [2.24, 2.45) is 0 Å². The average molecular weight is 238 g/mol. The molecule has 2 unspecified atom stereocenters. The molecule has 17 heavy (non-hydrogen) atoms. The molecule has 0 amide bonds. The van der Waals surface area contributed by atoms with E-state index >= 15 is 0 Å². The molecule has 1 saturated carbocycles. The highest BCUT2D eigenvalue weighted by atomic mass is 15.3. The van der Waals surface area contributed by atoms with Gasteiger partial charge in [-0.3, -0.25) is 4.90 Å². The fraction of sp³-hybridized carbons (Fsp3) is 1.00. The number of rotatable bonds is 4. The van der Waals surface area contributed by atoms with Gasteiger partial charge in [0, 0.05) is 31.2 Å². The van der Waals surface area contributed by atoms with Crippen LogP contribution >= 0.6 is 0 Å². The zero-order chi connectivity index (χ0) is 12.1. The van der Waals surface area contributed by atoms with Gasteiger partial charge in [-0.05, 0) is 25.7 Å². The van der Waals surface area contributed by atoms with Gasteiger partial charge in [0.2, 0.25) is 0 Å². The second kappa shape index (κ2) is 6.75. The van der Waals surface area contributed by atoms with Crippen LogP contribution in [0.5, 0.6) is 0 Å². The van der Waals surface area contributed by atoms with Crippen molar-refractivity contribution >= 4 is 0 Å². The first-order chi connectivity index (χ1) is 8.35. The van der Waals surface area contributed by atoms with Crippen molar-refractivity contribution in [3.8, 4) is 0 Å². The lowest BCUT2D eigenvalue weighted by Crippen LogP contribution is -2.59. The molecule has 100 valence electrons. The van der Waals surface area contributed by atoms with Crippen molar-refractivity contribution in [2.45, 2.75) is 83.3 Å². The van der Waals surface area contributed by atoms with Crippen molar-refractivity contribution < 1.29 is 0 Å². The molecule has 0 aromatic rings. The van der Waals surface area contributed by atoms with E-state index in [1.807, 2.05) is 0 Å². The molecule has 1 N–H and O–H groups in total. The zero-order valence-corrected chi connectivity index (χ0v) is 11.8. The molecule has 0 radical (unpaired) electrons. The van der Waals surface area contributed by atoms with E-state index < -0.39 is 0 Å². The van der Waals surface area contributed by atoms with E-state index in [2.05, 4.69) is 24.1 Å². The Kier molecular flexibility index (Phi) is 5.30. The van der Waals surface area contributed by atoms with Gasteiger partial charge in [-0.1, -0.05) is 39.5 Å². The van der Waals surface area contributed by atoms with Gasteiger partial charge >= 0.3 is 0 Å². The average Bonchev–Trinajstić information content (AvgIpc) is 2.40. The Bertz CT molecular complexity index is 206. The highest BCUT2D eigenvalue weighted by Gasteiger charge is 2.32. The SMILES string of the molecule is CCCC1CNC(CC)CN1C1CCCCC1. The van der Waals surface area contributed by atoms with Crippen LogP contribution in [0.4, 0.5) is 0 Å². The summed E-state index contributed by atoms with van der Waals surface area (Å²) in [4.78, 5) is 2.87. The Labute approximate surface area is 107 Å². The molecule has 0 aromatic heterocycles. The van der Waals surface area contributed by atoms with Crippen LogP contribution in [-0.2, 0) is 0 Å². The molecule has 2 heteroatoms. The Hall–Kier alpha value is -0.0800. The van der Waals surface area contributed by atoms with Crippen molar-refractivity contribution in [3.63, 3.8) is 0 Å². The quantitative estimate of drug-likeness (QED) is 0.809. The molecule has 0 bridgehead atoms. The first-order valence-electron chi connectivity index (χ1n) is 7.84. The summed E-state index contributed by atoms with van der Waals surface area (Å²) >= 11 is 0. The fourth-order valence-corrected chi connectivity index (χ4v) is 3.62. The molecule has 1 saturated heterocycles. The predicted molar refractivity (Wildman–Crippen MR) is 74.4 cm³/mol. The molecule has 2 aliphatic rings. The first kappa shape index (κ1) is 13.4. The largest absolute Gasteiger partial charge is 0.311 e. The van der Waals surface area contributed by atoms with Crippen LogP contribution in [0.3, 0.4) is 0 Å². The molecule has 1 aliphatic carbocycles. The second-order valence-electron chi connectivity index (χ2n) is 5.94. The summed E-state index contributed by atoms with van der Waals surface area (Å²) in [6.07, 6.45) is 11.3. The molecular weight excluding hydrogens is 208 g/mol. The third-order valence-electron chi connectivity index (χ3n) is 4.70. The lowest BCUT2D eigenvalue weighted by Gasteiger charge is -2.46. The molecular formula is C15H30N2. The molecule has 0 aromatic carbocycles. The van der Waals surface area contributed by atoms with Crippen LogP contribution in [0.2, 0.25) is 0 Å². The summed E-state index contributed by atoms with van der Waals surface area (Å²) in [5.74, 6) is 0. The maximum absolute atomic E-state index is 3.73. The summed E-state index contributed by atoms with van der Waals surface area (Å²) in [6.45, 7) is 7.16. The standard InChI is InChI=1S/C15H30N2/c1-3-8-15-11-16-13(4-2)12-17(15)14-9-6-5-7-10-14/h13-16H,3-12H2,1-2H3. The molecule has 0 spiro atoms. The molecule has 2 nitrogen and oxygen atoms in total. The lowest BCUT2D eigenvalue weighted by molar-refractivity contribution is 0.0561. The maximum atomic E-state index is 3.73. The molecule has 1 aliphatic heterocycles. The van der Waals surface area contributed by atoms with Gasteiger partial charge in [-0.25, -0.2) is 0 Å². The highest BCUT2D eigenvalue weighted by molar-refractivity contribution is 4.90. The number of hydrogen-bond acceptors (Lipinski definition) is 2. The van der Waals surface area contributed by atoms with Gasteiger partial charge in [-0.15, -0.1) is 0 Å². The maximum Gasteiger partial charge on any atom is 0.0224 e. The molecule has 1 heterocycles. The summed E-state index contributed by atoms with van der Waals surface area (Å²) < 4.78 is 0. The summed E-state index contributed by atoms with van der Waals surface area (Å²) in [5, 5.41) is 3.73. The van der Waals surface area contributed by atoms with Gasteiger partial charge in [-0.2, -0.15) is 0 Å². The highest BCUT2D eigenvalue weighted by Crippen LogP contribution is 2.27. The Morgan fingerprint density at radius 3 is 2.53 bits per heavy atom. The number of piperazine rings is 1. The third kappa shape index (κ3) is 3.45. The normalized spacial score (nSPS) is 32.8. The fourth-order valence-electron chi connectivity index (χ4n) is 3.62. The number of nitrogens with one attached hydrogen (secondary N) is 1. The minimum atomic E-state index is 0.741. The monoisotopic (exact) mass is 238 g/mol. The van der Waals surface area contributed by atoms with Gasteiger partial charge in [0.15, 0.2) is 0 Å². The van der Waals surface area contributed by atoms with Crippen LogP contribution in [0.1, 0.15) is 65.2 Å². The van der Waals surface area contributed by atoms with Gasteiger partial charge in [0.1, 0.15) is 0 Å².